The Labute approximate surface area is 73.5 Å². The van der Waals surface area contributed by atoms with Crippen LogP contribution in [0.2, 0.25) is 0 Å². The summed E-state index contributed by atoms with van der Waals surface area (Å²) in [6, 6.07) is 0. The van der Waals surface area contributed by atoms with Gasteiger partial charge < -0.3 is 0 Å². The molecule has 0 fully saturated rings. The second kappa shape index (κ2) is 3.42. The Morgan fingerprint density at radius 3 is 2.17 bits per heavy atom. The molecule has 0 aromatic rings. The fourth-order valence-corrected chi connectivity index (χ4v) is 1.23. The quantitative estimate of drug-likeness (QED) is 0.390. The molecule has 0 aromatic carbocycles. The minimum Gasteiger partial charge on any atom is -0.251 e. The summed E-state index contributed by atoms with van der Waals surface area (Å²) in [7, 11) is 0. The maximum absolute atomic E-state index is 8.57. The first kappa shape index (κ1) is 9.49. The molecule has 0 unspecified atom stereocenters. The van der Waals surface area contributed by atoms with E-state index in [0.717, 1.165) is 0 Å². The fraction of sp³-hybridized carbons (Fsp3) is 0.600. The largest absolute Gasteiger partial charge is 0.251 e. The molecule has 68 valence electrons. The van der Waals surface area contributed by atoms with Gasteiger partial charge in [0.25, 0.3) is 0 Å². The molecule has 0 amide bonds. The highest BCUT2D eigenvalue weighted by Gasteiger charge is 2.22. The van der Waals surface area contributed by atoms with Crippen LogP contribution in [-0.4, -0.2) is 10.9 Å². The van der Waals surface area contributed by atoms with Crippen LogP contribution >= 0.6 is 0 Å². The summed E-state index contributed by atoms with van der Waals surface area (Å²) in [6.07, 6.45) is 7.91. The van der Waals surface area contributed by atoms with Gasteiger partial charge in [-0.25, -0.2) is 4.89 Å². The van der Waals surface area contributed by atoms with Crippen LogP contribution in [0.3, 0.4) is 0 Å². The van der Waals surface area contributed by atoms with Crippen molar-refractivity contribution in [3.8, 4) is 0 Å². The highest BCUT2D eigenvalue weighted by molar-refractivity contribution is 5.21. The van der Waals surface area contributed by atoms with Gasteiger partial charge in [-0.05, 0) is 30.9 Å². The van der Waals surface area contributed by atoms with Crippen LogP contribution < -0.4 is 0 Å². The molecule has 0 atom stereocenters. The van der Waals surface area contributed by atoms with Crippen molar-refractivity contribution in [2.45, 2.75) is 26.4 Å². The fourth-order valence-electron chi connectivity index (χ4n) is 1.23. The van der Waals surface area contributed by atoms with E-state index in [1.807, 2.05) is 19.1 Å². The second-order valence-electron chi connectivity index (χ2n) is 3.81. The Balaban J connectivity index is 2.66. The number of hydrogen-bond acceptors (Lipinski definition) is 2. The molecule has 0 saturated carbocycles. The van der Waals surface area contributed by atoms with Crippen LogP contribution in [0, 0.1) is 11.8 Å². The van der Waals surface area contributed by atoms with Gasteiger partial charge in [0.05, 0.1) is 0 Å². The minimum absolute atomic E-state index is 0.466. The van der Waals surface area contributed by atoms with E-state index in [1.54, 1.807) is 0 Å². The van der Waals surface area contributed by atoms with Crippen molar-refractivity contribution in [2.75, 3.05) is 0 Å². The molecule has 0 saturated heterocycles. The summed E-state index contributed by atoms with van der Waals surface area (Å²) in [6.45, 7) is 6.15. The van der Waals surface area contributed by atoms with E-state index < -0.39 is 5.60 Å². The summed E-state index contributed by atoms with van der Waals surface area (Å²) in [5, 5.41) is 8.57. The molecule has 2 nitrogen and oxygen atoms in total. The molecule has 1 aliphatic rings. The zero-order chi connectivity index (χ0) is 9.19. The van der Waals surface area contributed by atoms with Crippen LogP contribution in [-0.2, 0) is 4.89 Å². The van der Waals surface area contributed by atoms with Gasteiger partial charge in [0.15, 0.2) is 0 Å². The van der Waals surface area contributed by atoms with Crippen LogP contribution in [0.15, 0.2) is 24.3 Å². The third-order valence-electron chi connectivity index (χ3n) is 2.27. The molecule has 0 bridgehead atoms. The van der Waals surface area contributed by atoms with E-state index in [1.165, 1.54) is 0 Å². The Morgan fingerprint density at radius 1 is 1.33 bits per heavy atom. The molecule has 1 aliphatic carbocycles. The molecular weight excluding hydrogens is 152 g/mol. The topological polar surface area (TPSA) is 29.5 Å². The summed E-state index contributed by atoms with van der Waals surface area (Å²) >= 11 is 0. The lowest BCUT2D eigenvalue weighted by Gasteiger charge is -2.24. The average molecular weight is 168 g/mol. The van der Waals surface area contributed by atoms with Gasteiger partial charge in [0, 0.05) is 0 Å². The van der Waals surface area contributed by atoms with Gasteiger partial charge >= 0.3 is 0 Å². The molecule has 2 heteroatoms. The lowest BCUT2D eigenvalue weighted by atomic mass is 9.87. The molecule has 1 rings (SSSR count). The van der Waals surface area contributed by atoms with Crippen molar-refractivity contribution in [2.24, 2.45) is 11.8 Å². The van der Waals surface area contributed by atoms with Gasteiger partial charge in [-0.3, -0.25) is 5.26 Å². The van der Waals surface area contributed by atoms with E-state index >= 15 is 0 Å². The van der Waals surface area contributed by atoms with Crippen molar-refractivity contribution < 1.29 is 10.1 Å². The SMILES string of the molecule is CC(C)C1C=CC(C)(OO)C=C1. The monoisotopic (exact) mass is 168 g/mol. The zero-order valence-electron chi connectivity index (χ0n) is 7.82. The van der Waals surface area contributed by atoms with Gasteiger partial charge in [-0.2, -0.15) is 0 Å². The van der Waals surface area contributed by atoms with E-state index in [4.69, 9.17) is 5.26 Å². The highest BCUT2D eigenvalue weighted by atomic mass is 17.1. The van der Waals surface area contributed by atoms with Crippen molar-refractivity contribution >= 4 is 0 Å². The Kier molecular flexibility index (Phi) is 2.70. The van der Waals surface area contributed by atoms with Crippen LogP contribution in [0.25, 0.3) is 0 Å². The molecular formula is C10H16O2. The predicted molar refractivity (Wildman–Crippen MR) is 48.7 cm³/mol. The van der Waals surface area contributed by atoms with Crippen LogP contribution in [0.5, 0.6) is 0 Å². The van der Waals surface area contributed by atoms with Gasteiger partial charge in [-0.15, -0.1) is 0 Å². The van der Waals surface area contributed by atoms with Gasteiger partial charge in [0.1, 0.15) is 5.60 Å². The predicted octanol–water partition coefficient (Wildman–Crippen LogP) is 2.63. The molecule has 0 radical (unpaired) electrons. The van der Waals surface area contributed by atoms with E-state index in [2.05, 4.69) is 30.9 Å². The van der Waals surface area contributed by atoms with Gasteiger partial charge in [-0.1, -0.05) is 26.0 Å². The van der Waals surface area contributed by atoms with E-state index in [-0.39, 0.29) is 0 Å². The smallest absolute Gasteiger partial charge is 0.137 e. The molecule has 0 heterocycles. The molecule has 1 N–H and O–H groups in total. The number of hydrogen-bond donors (Lipinski definition) is 1. The standard InChI is InChI=1S/C10H16O2/c1-8(2)9-4-6-10(3,12-11)7-5-9/h4-9,11H,1-3H3. The molecule has 0 spiro atoms. The Bertz CT molecular complexity index is 190. The summed E-state index contributed by atoms with van der Waals surface area (Å²) < 4.78 is 0. The first-order valence-corrected chi connectivity index (χ1v) is 4.29. The zero-order valence-corrected chi connectivity index (χ0v) is 7.82. The third kappa shape index (κ3) is 1.96. The molecule has 0 aromatic heterocycles. The number of allylic oxidation sites excluding steroid dienone is 2. The summed E-state index contributed by atoms with van der Waals surface area (Å²) in [5.41, 5.74) is -0.620. The van der Waals surface area contributed by atoms with E-state index in [0.29, 0.717) is 11.8 Å². The third-order valence-corrected chi connectivity index (χ3v) is 2.27. The first-order chi connectivity index (χ1) is 5.57. The van der Waals surface area contributed by atoms with E-state index in [9.17, 15) is 0 Å². The Morgan fingerprint density at radius 2 is 1.83 bits per heavy atom. The van der Waals surface area contributed by atoms with Crippen molar-refractivity contribution in [3.05, 3.63) is 24.3 Å². The number of rotatable bonds is 2. The maximum Gasteiger partial charge on any atom is 0.137 e. The maximum atomic E-state index is 8.57. The Hall–Kier alpha value is -0.600. The van der Waals surface area contributed by atoms with Crippen molar-refractivity contribution in [3.63, 3.8) is 0 Å². The minimum atomic E-state index is -0.620. The van der Waals surface area contributed by atoms with Crippen molar-refractivity contribution in [1.82, 2.24) is 0 Å². The second-order valence-corrected chi connectivity index (χ2v) is 3.81. The first-order valence-electron chi connectivity index (χ1n) is 4.29. The molecule has 12 heavy (non-hydrogen) atoms. The van der Waals surface area contributed by atoms with Crippen molar-refractivity contribution in [1.29, 1.82) is 0 Å². The highest BCUT2D eigenvalue weighted by Crippen LogP contribution is 2.25. The lowest BCUT2D eigenvalue weighted by Crippen LogP contribution is -2.25. The van der Waals surface area contributed by atoms with Gasteiger partial charge in [0.2, 0.25) is 0 Å². The summed E-state index contributed by atoms with van der Waals surface area (Å²) in [4.78, 5) is 4.33. The normalized spacial score (nSPS) is 34.6. The lowest BCUT2D eigenvalue weighted by molar-refractivity contribution is -0.288. The molecule has 0 aliphatic heterocycles. The van der Waals surface area contributed by atoms with Crippen LogP contribution in [0.4, 0.5) is 0 Å². The van der Waals surface area contributed by atoms with Crippen LogP contribution in [0.1, 0.15) is 20.8 Å². The average Bonchev–Trinajstić information content (AvgIpc) is 2.05. The summed E-state index contributed by atoms with van der Waals surface area (Å²) in [5.74, 6) is 1.06.